The lowest BCUT2D eigenvalue weighted by Crippen LogP contribution is -2.02. The minimum atomic E-state index is 0.473. The molecule has 0 spiro atoms. The Hall–Kier alpha value is -0.900. The van der Waals surface area contributed by atoms with Gasteiger partial charge in [0.05, 0.1) is 6.54 Å². The van der Waals surface area contributed by atoms with Gasteiger partial charge in [0, 0.05) is 5.03 Å². The van der Waals surface area contributed by atoms with Crippen molar-refractivity contribution < 1.29 is 0 Å². The minimum absolute atomic E-state index is 0.473. The molecule has 0 N–H and O–H groups in total. The second kappa shape index (κ2) is 2.79. The van der Waals surface area contributed by atoms with Gasteiger partial charge in [0.25, 0.3) is 0 Å². The molecule has 54 valence electrons. The van der Waals surface area contributed by atoms with Crippen LogP contribution in [0.3, 0.4) is 0 Å². The summed E-state index contributed by atoms with van der Waals surface area (Å²) in [5.41, 5.74) is 0. The zero-order valence-corrected chi connectivity index (χ0v) is 6.34. The Bertz CT molecular complexity index is 242. The predicted molar refractivity (Wildman–Crippen MR) is 37.5 cm³/mol. The molecule has 0 saturated heterocycles. The maximum Gasteiger partial charge on any atom is 0.148 e. The Morgan fingerprint density at radius 1 is 1.80 bits per heavy atom. The highest BCUT2D eigenvalue weighted by Gasteiger charge is 1.98. The van der Waals surface area contributed by atoms with Crippen LogP contribution in [0.2, 0.25) is 0 Å². The highest BCUT2D eigenvalue weighted by Crippen LogP contribution is 2.00. The second-order valence-corrected chi connectivity index (χ2v) is 2.44. The lowest BCUT2D eigenvalue weighted by molar-refractivity contribution is 0.640. The molecular formula is C5H7ClN4. The van der Waals surface area contributed by atoms with E-state index in [1.807, 2.05) is 0 Å². The van der Waals surface area contributed by atoms with E-state index in [2.05, 4.69) is 22.1 Å². The molecular weight excluding hydrogens is 152 g/mol. The first kappa shape index (κ1) is 7.21. The number of aromatic nitrogens is 4. The smallest absolute Gasteiger partial charge is 0.148 e. The largest absolute Gasteiger partial charge is 0.225 e. The Balaban J connectivity index is 2.74. The van der Waals surface area contributed by atoms with E-state index in [0.717, 1.165) is 5.82 Å². The van der Waals surface area contributed by atoms with E-state index in [0.29, 0.717) is 11.6 Å². The van der Waals surface area contributed by atoms with Crippen LogP contribution in [0.5, 0.6) is 0 Å². The summed E-state index contributed by atoms with van der Waals surface area (Å²) in [6.07, 6.45) is 0. The van der Waals surface area contributed by atoms with Gasteiger partial charge >= 0.3 is 0 Å². The van der Waals surface area contributed by atoms with E-state index >= 15 is 0 Å². The normalized spacial score (nSPS) is 9.80. The van der Waals surface area contributed by atoms with Crippen LogP contribution in [0.15, 0.2) is 11.6 Å². The summed E-state index contributed by atoms with van der Waals surface area (Å²) in [6.45, 7) is 5.80. The molecule has 4 nitrogen and oxygen atoms in total. The van der Waals surface area contributed by atoms with Gasteiger partial charge < -0.3 is 0 Å². The molecule has 1 aromatic rings. The molecule has 0 amide bonds. The highest BCUT2D eigenvalue weighted by atomic mass is 35.5. The van der Waals surface area contributed by atoms with Gasteiger partial charge in [-0.25, -0.2) is 4.68 Å². The Morgan fingerprint density at radius 3 is 2.90 bits per heavy atom. The van der Waals surface area contributed by atoms with Crippen LogP contribution < -0.4 is 0 Å². The lowest BCUT2D eigenvalue weighted by atomic mass is 10.6. The summed E-state index contributed by atoms with van der Waals surface area (Å²) >= 11 is 5.53. The molecule has 0 aromatic carbocycles. The number of rotatable bonds is 2. The number of nitrogens with zero attached hydrogens (tertiary/aromatic N) is 4. The standard InChI is InChI=1S/C5H7ClN4/c1-4(6)3-10-5(2)7-8-9-10/h1,3H2,2H3. The van der Waals surface area contributed by atoms with Gasteiger partial charge in [0.15, 0.2) is 0 Å². The molecule has 0 radical (unpaired) electrons. The number of hydrogen-bond acceptors (Lipinski definition) is 3. The van der Waals surface area contributed by atoms with Gasteiger partial charge in [-0.2, -0.15) is 0 Å². The summed E-state index contributed by atoms with van der Waals surface area (Å²) in [5.74, 6) is 0.738. The lowest BCUT2D eigenvalue weighted by Gasteiger charge is -1.96. The van der Waals surface area contributed by atoms with Crippen molar-refractivity contribution in [3.63, 3.8) is 0 Å². The summed E-state index contributed by atoms with van der Waals surface area (Å²) in [5, 5.41) is 11.3. The molecule has 0 fully saturated rings. The Labute approximate surface area is 63.5 Å². The highest BCUT2D eigenvalue weighted by molar-refractivity contribution is 6.29. The van der Waals surface area contributed by atoms with E-state index in [9.17, 15) is 0 Å². The van der Waals surface area contributed by atoms with E-state index in [4.69, 9.17) is 11.6 Å². The Morgan fingerprint density at radius 2 is 2.50 bits per heavy atom. The van der Waals surface area contributed by atoms with Crippen LogP contribution in [0, 0.1) is 6.92 Å². The number of aryl methyl sites for hydroxylation is 1. The van der Waals surface area contributed by atoms with Crippen LogP contribution in [-0.2, 0) is 6.54 Å². The Kier molecular flexibility index (Phi) is 2.01. The SMILES string of the molecule is C=C(Cl)Cn1nnnc1C. The molecule has 0 unspecified atom stereocenters. The van der Waals surface area contributed by atoms with Crippen LogP contribution in [0.25, 0.3) is 0 Å². The van der Waals surface area contributed by atoms with Crippen molar-refractivity contribution in [2.45, 2.75) is 13.5 Å². The minimum Gasteiger partial charge on any atom is -0.225 e. The van der Waals surface area contributed by atoms with Crippen molar-refractivity contribution in [1.82, 2.24) is 20.2 Å². The van der Waals surface area contributed by atoms with Gasteiger partial charge in [-0.05, 0) is 17.4 Å². The third kappa shape index (κ3) is 1.54. The van der Waals surface area contributed by atoms with E-state index in [1.165, 1.54) is 0 Å². The van der Waals surface area contributed by atoms with Gasteiger partial charge in [-0.1, -0.05) is 18.2 Å². The fraction of sp³-hybridized carbons (Fsp3) is 0.400. The van der Waals surface area contributed by atoms with Crippen molar-refractivity contribution in [1.29, 1.82) is 0 Å². The molecule has 0 aliphatic rings. The van der Waals surface area contributed by atoms with Gasteiger partial charge in [-0.3, -0.25) is 0 Å². The fourth-order valence-corrected chi connectivity index (χ4v) is 0.671. The van der Waals surface area contributed by atoms with E-state index in [1.54, 1.807) is 11.6 Å². The molecule has 1 aromatic heterocycles. The number of hydrogen-bond donors (Lipinski definition) is 0. The summed E-state index contributed by atoms with van der Waals surface area (Å²) in [6, 6.07) is 0. The average molecular weight is 159 g/mol. The van der Waals surface area contributed by atoms with Crippen molar-refractivity contribution >= 4 is 11.6 Å². The van der Waals surface area contributed by atoms with Crippen LogP contribution in [0.1, 0.15) is 5.82 Å². The first-order chi connectivity index (χ1) is 4.70. The number of allylic oxidation sites excluding steroid dienone is 1. The molecule has 0 saturated carbocycles. The van der Waals surface area contributed by atoms with E-state index < -0.39 is 0 Å². The zero-order valence-electron chi connectivity index (χ0n) is 5.58. The molecule has 1 heterocycles. The average Bonchev–Trinajstić information content (AvgIpc) is 2.15. The van der Waals surface area contributed by atoms with Crippen molar-refractivity contribution in [3.8, 4) is 0 Å². The van der Waals surface area contributed by atoms with Crippen LogP contribution in [-0.4, -0.2) is 20.2 Å². The fourth-order valence-electron chi connectivity index (χ4n) is 0.558. The molecule has 0 atom stereocenters. The topological polar surface area (TPSA) is 43.6 Å². The van der Waals surface area contributed by atoms with Crippen molar-refractivity contribution in [3.05, 3.63) is 17.4 Å². The monoisotopic (exact) mass is 158 g/mol. The van der Waals surface area contributed by atoms with Gasteiger partial charge in [0.2, 0.25) is 0 Å². The molecule has 5 heteroatoms. The second-order valence-electron chi connectivity index (χ2n) is 1.90. The summed E-state index contributed by atoms with van der Waals surface area (Å²) in [7, 11) is 0. The molecule has 0 aliphatic carbocycles. The quantitative estimate of drug-likeness (QED) is 0.638. The first-order valence-electron chi connectivity index (χ1n) is 2.76. The summed E-state index contributed by atoms with van der Waals surface area (Å²) < 4.78 is 1.58. The van der Waals surface area contributed by atoms with Crippen LogP contribution >= 0.6 is 11.6 Å². The first-order valence-corrected chi connectivity index (χ1v) is 3.14. The van der Waals surface area contributed by atoms with Crippen LogP contribution in [0.4, 0.5) is 0 Å². The number of halogens is 1. The van der Waals surface area contributed by atoms with E-state index in [-0.39, 0.29) is 0 Å². The van der Waals surface area contributed by atoms with Crippen molar-refractivity contribution in [2.24, 2.45) is 0 Å². The predicted octanol–water partition coefficient (Wildman–Crippen LogP) is 0.734. The molecule has 1 rings (SSSR count). The van der Waals surface area contributed by atoms with Gasteiger partial charge in [-0.15, -0.1) is 5.10 Å². The summed E-state index contributed by atoms with van der Waals surface area (Å²) in [4.78, 5) is 0. The molecule has 10 heavy (non-hydrogen) atoms. The third-order valence-corrected chi connectivity index (χ3v) is 1.15. The zero-order chi connectivity index (χ0) is 7.56. The number of tetrazole rings is 1. The van der Waals surface area contributed by atoms with Gasteiger partial charge in [0.1, 0.15) is 5.82 Å². The maximum atomic E-state index is 5.53. The maximum absolute atomic E-state index is 5.53. The third-order valence-electron chi connectivity index (χ3n) is 1.03. The van der Waals surface area contributed by atoms with Crippen molar-refractivity contribution in [2.75, 3.05) is 0 Å². The molecule has 0 bridgehead atoms. The molecule has 0 aliphatic heterocycles.